The van der Waals surface area contributed by atoms with Crippen LogP contribution in [0.2, 0.25) is 0 Å². The Kier molecular flexibility index (Phi) is 6.90. The summed E-state index contributed by atoms with van der Waals surface area (Å²) in [5.74, 6) is 0.714. The lowest BCUT2D eigenvalue weighted by Gasteiger charge is -2.22. The zero-order chi connectivity index (χ0) is 20.8. The molecule has 0 aliphatic carbocycles. The van der Waals surface area contributed by atoms with E-state index in [-0.39, 0.29) is 25.3 Å². The van der Waals surface area contributed by atoms with Gasteiger partial charge in [0.1, 0.15) is 5.75 Å². The van der Waals surface area contributed by atoms with E-state index in [0.717, 1.165) is 15.4 Å². The maximum absolute atomic E-state index is 12.7. The molecule has 3 rings (SSSR count). The van der Waals surface area contributed by atoms with Gasteiger partial charge >= 0.3 is 6.03 Å². The van der Waals surface area contributed by atoms with Crippen molar-refractivity contribution < 1.29 is 14.6 Å². The highest BCUT2D eigenvalue weighted by molar-refractivity contribution is 9.10. The van der Waals surface area contributed by atoms with Crippen molar-refractivity contribution in [3.63, 3.8) is 0 Å². The summed E-state index contributed by atoms with van der Waals surface area (Å²) in [4.78, 5) is 29.4. The van der Waals surface area contributed by atoms with Crippen molar-refractivity contribution in [2.75, 3.05) is 25.1 Å². The Balaban J connectivity index is 1.78. The second kappa shape index (κ2) is 9.58. The molecular weight excluding hydrogens is 438 g/mol. The number of halogens is 1. The molecule has 3 N–H and O–H groups in total. The summed E-state index contributed by atoms with van der Waals surface area (Å²) in [6.45, 7) is 2.41. The number of hydrogen-bond acceptors (Lipinski definition) is 4. The zero-order valence-electron chi connectivity index (χ0n) is 15.9. The van der Waals surface area contributed by atoms with Gasteiger partial charge in [0.25, 0.3) is 5.56 Å². The number of aliphatic hydroxyl groups is 1. The second-order valence-corrected chi connectivity index (χ2v) is 7.30. The van der Waals surface area contributed by atoms with Gasteiger partial charge in [-0.2, -0.15) is 0 Å². The number of pyridine rings is 1. The lowest BCUT2D eigenvalue weighted by Crippen LogP contribution is -2.38. The van der Waals surface area contributed by atoms with Crippen LogP contribution in [0.1, 0.15) is 12.5 Å². The van der Waals surface area contributed by atoms with E-state index >= 15 is 0 Å². The van der Waals surface area contributed by atoms with Crippen molar-refractivity contribution in [2.24, 2.45) is 0 Å². The fourth-order valence-corrected chi connectivity index (χ4v) is 3.30. The van der Waals surface area contributed by atoms with Gasteiger partial charge in [0, 0.05) is 27.8 Å². The number of anilines is 1. The number of fused-ring (bicyclic) bond motifs is 1. The number of aliphatic hydroxyl groups excluding tert-OH is 1. The minimum absolute atomic E-state index is 0.0706. The van der Waals surface area contributed by atoms with E-state index < -0.39 is 6.03 Å². The molecule has 0 aliphatic rings. The Morgan fingerprint density at radius 2 is 1.97 bits per heavy atom. The first-order valence-corrected chi connectivity index (χ1v) is 10.0. The van der Waals surface area contributed by atoms with E-state index in [1.807, 2.05) is 25.1 Å². The minimum atomic E-state index is -0.406. The van der Waals surface area contributed by atoms with E-state index in [4.69, 9.17) is 4.74 Å². The highest BCUT2D eigenvalue weighted by atomic mass is 79.9. The van der Waals surface area contributed by atoms with Crippen molar-refractivity contribution in [2.45, 2.75) is 13.5 Å². The summed E-state index contributed by atoms with van der Waals surface area (Å²) in [6.07, 6.45) is 0. The topological polar surface area (TPSA) is 94.7 Å². The number of aromatic nitrogens is 1. The summed E-state index contributed by atoms with van der Waals surface area (Å²) >= 11 is 3.42. The smallest absolute Gasteiger partial charge is 0.322 e. The average molecular weight is 460 g/mol. The quantitative estimate of drug-likeness (QED) is 0.501. The van der Waals surface area contributed by atoms with Crippen LogP contribution in [0.25, 0.3) is 10.9 Å². The zero-order valence-corrected chi connectivity index (χ0v) is 17.5. The molecule has 0 saturated heterocycles. The minimum Gasteiger partial charge on any atom is -0.494 e. The molecule has 0 radical (unpaired) electrons. The molecule has 0 unspecified atom stereocenters. The molecule has 2 amide bonds. The maximum Gasteiger partial charge on any atom is 0.322 e. The van der Waals surface area contributed by atoms with E-state index in [1.165, 1.54) is 4.90 Å². The summed E-state index contributed by atoms with van der Waals surface area (Å²) < 4.78 is 6.28. The average Bonchev–Trinajstić information content (AvgIpc) is 2.70. The molecule has 8 heteroatoms. The third-order valence-electron chi connectivity index (χ3n) is 4.32. The van der Waals surface area contributed by atoms with Crippen LogP contribution in [0.5, 0.6) is 5.75 Å². The number of ether oxygens (including phenoxy) is 1. The molecule has 1 aromatic heterocycles. The van der Waals surface area contributed by atoms with Crippen molar-refractivity contribution in [1.82, 2.24) is 9.88 Å². The third kappa shape index (κ3) is 5.36. The first kappa shape index (κ1) is 20.9. The van der Waals surface area contributed by atoms with Crippen LogP contribution in [0.3, 0.4) is 0 Å². The Bertz CT molecular complexity index is 1050. The normalized spacial score (nSPS) is 10.7. The molecule has 0 fully saturated rings. The Morgan fingerprint density at radius 1 is 1.21 bits per heavy atom. The van der Waals surface area contributed by atoms with Crippen molar-refractivity contribution >= 4 is 38.6 Å². The number of urea groups is 1. The van der Waals surface area contributed by atoms with Gasteiger partial charge in [-0.05, 0) is 60.8 Å². The highest BCUT2D eigenvalue weighted by Gasteiger charge is 2.16. The summed E-state index contributed by atoms with van der Waals surface area (Å²) in [7, 11) is 0. The van der Waals surface area contributed by atoms with Gasteiger partial charge in [-0.1, -0.05) is 15.9 Å². The van der Waals surface area contributed by atoms with Crippen molar-refractivity contribution in [1.29, 1.82) is 0 Å². The van der Waals surface area contributed by atoms with Crippen LogP contribution >= 0.6 is 15.9 Å². The number of carbonyl (C=O) groups is 1. The third-order valence-corrected chi connectivity index (χ3v) is 4.81. The number of amides is 2. The van der Waals surface area contributed by atoms with Gasteiger partial charge in [-0.25, -0.2) is 4.79 Å². The second-order valence-electron chi connectivity index (χ2n) is 6.39. The molecule has 0 atom stereocenters. The van der Waals surface area contributed by atoms with Gasteiger partial charge in [0.15, 0.2) is 0 Å². The molecular formula is C21H22BrN3O4. The Morgan fingerprint density at radius 3 is 2.66 bits per heavy atom. The van der Waals surface area contributed by atoms with Crippen LogP contribution in [-0.4, -0.2) is 40.8 Å². The van der Waals surface area contributed by atoms with Gasteiger partial charge in [0.2, 0.25) is 0 Å². The first-order valence-electron chi connectivity index (χ1n) is 9.21. The number of aromatic amines is 1. The molecule has 152 valence electrons. The molecule has 2 aromatic carbocycles. The van der Waals surface area contributed by atoms with Gasteiger partial charge in [-0.3, -0.25) is 4.79 Å². The predicted octanol–water partition coefficient (Wildman–Crippen LogP) is 3.72. The summed E-state index contributed by atoms with van der Waals surface area (Å²) in [5.41, 5.74) is 1.48. The molecule has 3 aromatic rings. The van der Waals surface area contributed by atoms with Crippen molar-refractivity contribution in [3.8, 4) is 5.75 Å². The summed E-state index contributed by atoms with van der Waals surface area (Å²) in [5, 5.41) is 13.0. The number of benzene rings is 2. The first-order chi connectivity index (χ1) is 14.0. The van der Waals surface area contributed by atoms with E-state index in [9.17, 15) is 14.7 Å². The lowest BCUT2D eigenvalue weighted by atomic mass is 10.1. The predicted molar refractivity (Wildman–Crippen MR) is 116 cm³/mol. The number of nitrogens with one attached hydrogen (secondary N) is 2. The number of rotatable bonds is 7. The number of hydrogen-bond donors (Lipinski definition) is 3. The van der Waals surface area contributed by atoms with E-state index in [2.05, 4.69) is 26.2 Å². The molecule has 0 bridgehead atoms. The van der Waals surface area contributed by atoms with Gasteiger partial charge in [0.05, 0.1) is 19.8 Å². The van der Waals surface area contributed by atoms with Crippen LogP contribution in [-0.2, 0) is 6.54 Å². The molecule has 0 saturated carbocycles. The molecule has 0 spiro atoms. The lowest BCUT2D eigenvalue weighted by molar-refractivity contribution is 0.185. The van der Waals surface area contributed by atoms with Crippen LogP contribution in [0.15, 0.2) is 57.8 Å². The van der Waals surface area contributed by atoms with Gasteiger partial charge in [-0.15, -0.1) is 0 Å². The largest absolute Gasteiger partial charge is 0.494 e. The van der Waals surface area contributed by atoms with E-state index in [0.29, 0.717) is 23.6 Å². The Hall–Kier alpha value is -2.84. The van der Waals surface area contributed by atoms with Crippen LogP contribution in [0, 0.1) is 0 Å². The monoisotopic (exact) mass is 459 g/mol. The van der Waals surface area contributed by atoms with E-state index in [1.54, 1.807) is 30.3 Å². The maximum atomic E-state index is 12.7. The number of H-pyrrole nitrogens is 1. The molecule has 0 aliphatic heterocycles. The fourth-order valence-electron chi connectivity index (χ4n) is 2.92. The Labute approximate surface area is 176 Å². The van der Waals surface area contributed by atoms with Crippen LogP contribution in [0.4, 0.5) is 10.5 Å². The van der Waals surface area contributed by atoms with Crippen molar-refractivity contribution in [3.05, 3.63) is 68.9 Å². The molecule has 1 heterocycles. The van der Waals surface area contributed by atoms with Gasteiger partial charge < -0.3 is 25.0 Å². The molecule has 29 heavy (non-hydrogen) atoms. The highest BCUT2D eigenvalue weighted by Crippen LogP contribution is 2.19. The SMILES string of the molecule is CCOc1ccc(NC(=O)N(CCO)Cc2cc3cc(Br)ccc3[nH]c2=O)cc1. The number of carbonyl (C=O) groups excluding carboxylic acids is 1. The standard InChI is InChI=1S/C21H22BrN3O4/c1-2-29-18-6-4-17(5-7-18)23-21(28)25(9-10-26)13-15-11-14-12-16(22)3-8-19(14)24-20(15)27/h3-8,11-12,26H,2,9-10,13H2,1H3,(H,23,28)(H,24,27). The van der Waals surface area contributed by atoms with Crippen LogP contribution < -0.4 is 15.6 Å². The summed E-state index contributed by atoms with van der Waals surface area (Å²) in [6, 6.07) is 13.9. The fraction of sp³-hybridized carbons (Fsp3) is 0.238. The molecule has 7 nitrogen and oxygen atoms in total. The number of nitrogens with zero attached hydrogens (tertiary/aromatic N) is 1.